The van der Waals surface area contributed by atoms with Crippen LogP contribution in [0.1, 0.15) is 15.9 Å². The number of hydrogen-bond acceptors (Lipinski definition) is 5. The highest BCUT2D eigenvalue weighted by molar-refractivity contribution is 6.10. The van der Waals surface area contributed by atoms with E-state index in [1.807, 2.05) is 6.07 Å². The minimum absolute atomic E-state index is 0.131. The van der Waals surface area contributed by atoms with Gasteiger partial charge in [-0.05, 0) is 30.3 Å². The van der Waals surface area contributed by atoms with Crippen LogP contribution in [0.15, 0.2) is 48.0 Å². The van der Waals surface area contributed by atoms with E-state index in [0.717, 1.165) is 5.56 Å². The maximum Gasteiger partial charge on any atom is 0.339 e. The minimum atomic E-state index is -0.512. The van der Waals surface area contributed by atoms with Crippen LogP contribution in [-0.4, -0.2) is 32.7 Å². The van der Waals surface area contributed by atoms with Gasteiger partial charge in [0.25, 0.3) is 5.91 Å². The molecule has 0 bridgehead atoms. The topological polar surface area (TPSA) is 73.9 Å². The van der Waals surface area contributed by atoms with Crippen molar-refractivity contribution in [2.75, 3.05) is 26.1 Å². The van der Waals surface area contributed by atoms with Crippen LogP contribution in [0, 0.1) is 0 Å². The summed E-state index contributed by atoms with van der Waals surface area (Å²) in [6.07, 6.45) is 1.76. The lowest BCUT2D eigenvalue weighted by atomic mass is 10.1. The number of para-hydroxylation sites is 1. The van der Waals surface area contributed by atoms with Gasteiger partial charge in [-0.1, -0.05) is 12.1 Å². The van der Waals surface area contributed by atoms with Crippen LogP contribution in [0.25, 0.3) is 6.08 Å². The predicted molar refractivity (Wildman–Crippen MR) is 92.9 cm³/mol. The van der Waals surface area contributed by atoms with Gasteiger partial charge < -0.3 is 19.5 Å². The van der Waals surface area contributed by atoms with E-state index in [0.29, 0.717) is 28.3 Å². The maximum absolute atomic E-state index is 12.5. The Balaban J connectivity index is 1.83. The van der Waals surface area contributed by atoms with Gasteiger partial charge in [-0.15, -0.1) is 0 Å². The molecule has 1 aliphatic heterocycles. The first-order chi connectivity index (χ1) is 12.1. The number of amides is 1. The second-order valence-electron chi connectivity index (χ2n) is 5.35. The Hall–Kier alpha value is -3.28. The largest absolute Gasteiger partial charge is 0.497 e. The Labute approximate surface area is 145 Å². The molecule has 0 atom stereocenters. The van der Waals surface area contributed by atoms with Crippen LogP contribution < -0.4 is 14.8 Å². The zero-order valence-corrected chi connectivity index (χ0v) is 13.9. The van der Waals surface area contributed by atoms with Gasteiger partial charge in [-0.3, -0.25) is 4.79 Å². The highest BCUT2D eigenvalue weighted by atomic mass is 16.5. The van der Waals surface area contributed by atoms with E-state index in [2.05, 4.69) is 5.32 Å². The van der Waals surface area contributed by atoms with Gasteiger partial charge in [0.1, 0.15) is 18.1 Å². The van der Waals surface area contributed by atoms with E-state index < -0.39 is 5.97 Å². The van der Waals surface area contributed by atoms with Gasteiger partial charge in [0.2, 0.25) is 0 Å². The molecule has 0 radical (unpaired) electrons. The molecule has 25 heavy (non-hydrogen) atoms. The van der Waals surface area contributed by atoms with E-state index >= 15 is 0 Å². The third-order valence-corrected chi connectivity index (χ3v) is 3.81. The molecule has 0 spiro atoms. The first-order valence-corrected chi connectivity index (χ1v) is 7.62. The summed E-state index contributed by atoms with van der Waals surface area (Å²) < 4.78 is 15.5. The summed E-state index contributed by atoms with van der Waals surface area (Å²) in [5.74, 6) is 0.498. The highest BCUT2D eigenvalue weighted by Gasteiger charge is 2.20. The molecule has 6 heteroatoms. The molecule has 0 aromatic heterocycles. The average molecular weight is 339 g/mol. The molecular weight excluding hydrogens is 322 g/mol. The Bertz CT molecular complexity index is 857. The summed E-state index contributed by atoms with van der Waals surface area (Å²) in [7, 11) is 2.88. The van der Waals surface area contributed by atoms with Crippen molar-refractivity contribution in [3.63, 3.8) is 0 Å². The molecule has 0 fully saturated rings. The van der Waals surface area contributed by atoms with Crippen LogP contribution in [0.4, 0.5) is 5.69 Å². The molecule has 2 aromatic rings. The first-order valence-electron chi connectivity index (χ1n) is 7.62. The Kier molecular flexibility index (Phi) is 4.70. The minimum Gasteiger partial charge on any atom is -0.497 e. The zero-order chi connectivity index (χ0) is 17.8. The standard InChI is InChI=1S/C19H17NO5/c1-23-14-8-7-12-9-13(11-25-17(12)10-14)18(21)20-16-6-4-3-5-15(16)19(22)24-2/h3-10H,11H2,1-2H3,(H,20,21). The number of rotatable bonds is 4. The molecule has 0 unspecified atom stereocenters. The molecule has 6 nitrogen and oxygen atoms in total. The number of methoxy groups -OCH3 is 2. The van der Waals surface area contributed by atoms with Gasteiger partial charge in [0.05, 0.1) is 31.0 Å². The van der Waals surface area contributed by atoms with Crippen molar-refractivity contribution in [1.29, 1.82) is 0 Å². The molecule has 0 saturated heterocycles. The molecule has 0 saturated carbocycles. The SMILES string of the molecule is COC(=O)c1ccccc1NC(=O)C1=Cc2ccc(OC)cc2OC1. The van der Waals surface area contributed by atoms with Crippen LogP contribution in [0.3, 0.4) is 0 Å². The number of anilines is 1. The molecule has 1 amide bonds. The molecule has 128 valence electrons. The van der Waals surface area contributed by atoms with E-state index in [1.165, 1.54) is 7.11 Å². The number of carbonyl (C=O) groups is 2. The lowest BCUT2D eigenvalue weighted by Crippen LogP contribution is -2.22. The Morgan fingerprint density at radius 1 is 1.12 bits per heavy atom. The number of fused-ring (bicyclic) bond motifs is 1. The van der Waals surface area contributed by atoms with E-state index in [9.17, 15) is 9.59 Å². The molecule has 0 aliphatic carbocycles. The van der Waals surface area contributed by atoms with Crippen LogP contribution in [0.2, 0.25) is 0 Å². The highest BCUT2D eigenvalue weighted by Crippen LogP contribution is 2.30. The van der Waals surface area contributed by atoms with Gasteiger partial charge in [0, 0.05) is 11.6 Å². The van der Waals surface area contributed by atoms with E-state index in [1.54, 1.807) is 49.6 Å². The zero-order valence-electron chi connectivity index (χ0n) is 13.9. The summed E-state index contributed by atoms with van der Waals surface area (Å²) in [5.41, 5.74) is 1.93. The van der Waals surface area contributed by atoms with Gasteiger partial charge in [0.15, 0.2) is 0 Å². The molecule has 1 aliphatic rings. The monoisotopic (exact) mass is 339 g/mol. The van der Waals surface area contributed by atoms with Crippen molar-refractivity contribution >= 4 is 23.6 Å². The first kappa shape index (κ1) is 16.6. The maximum atomic E-state index is 12.5. The number of hydrogen-bond donors (Lipinski definition) is 1. The molecular formula is C19H17NO5. The second kappa shape index (κ2) is 7.09. The van der Waals surface area contributed by atoms with Crippen molar-refractivity contribution in [3.05, 3.63) is 59.2 Å². The smallest absolute Gasteiger partial charge is 0.339 e. The molecule has 1 heterocycles. The lowest BCUT2D eigenvalue weighted by Gasteiger charge is -2.18. The van der Waals surface area contributed by atoms with Crippen molar-refractivity contribution in [2.45, 2.75) is 0 Å². The normalized spacial score (nSPS) is 12.3. The fraction of sp³-hybridized carbons (Fsp3) is 0.158. The van der Waals surface area contributed by atoms with Gasteiger partial charge in [-0.25, -0.2) is 4.79 Å². The third-order valence-electron chi connectivity index (χ3n) is 3.81. The fourth-order valence-electron chi connectivity index (χ4n) is 2.48. The Morgan fingerprint density at radius 2 is 1.92 bits per heavy atom. The second-order valence-corrected chi connectivity index (χ2v) is 5.35. The van der Waals surface area contributed by atoms with Crippen LogP contribution >= 0.6 is 0 Å². The number of ether oxygens (including phenoxy) is 3. The van der Waals surface area contributed by atoms with Gasteiger partial charge in [-0.2, -0.15) is 0 Å². The fourth-order valence-corrected chi connectivity index (χ4v) is 2.48. The van der Waals surface area contributed by atoms with Crippen molar-refractivity contribution < 1.29 is 23.8 Å². The summed E-state index contributed by atoms with van der Waals surface area (Å²) in [6, 6.07) is 12.1. The van der Waals surface area contributed by atoms with Crippen molar-refractivity contribution in [2.24, 2.45) is 0 Å². The lowest BCUT2D eigenvalue weighted by molar-refractivity contribution is -0.113. The van der Waals surface area contributed by atoms with Crippen molar-refractivity contribution in [1.82, 2.24) is 0 Å². The van der Waals surface area contributed by atoms with Crippen molar-refractivity contribution in [3.8, 4) is 11.5 Å². The van der Waals surface area contributed by atoms with E-state index in [4.69, 9.17) is 14.2 Å². The number of nitrogens with one attached hydrogen (secondary N) is 1. The summed E-state index contributed by atoms with van der Waals surface area (Å²) in [6.45, 7) is 0.131. The quantitative estimate of drug-likeness (QED) is 0.867. The third kappa shape index (κ3) is 3.47. The number of carbonyl (C=O) groups excluding carboxylic acids is 2. The summed E-state index contributed by atoms with van der Waals surface area (Å²) in [5, 5.41) is 2.74. The van der Waals surface area contributed by atoms with E-state index in [-0.39, 0.29) is 12.5 Å². The number of esters is 1. The molecule has 1 N–H and O–H groups in total. The van der Waals surface area contributed by atoms with Crippen LogP contribution in [0.5, 0.6) is 11.5 Å². The summed E-state index contributed by atoms with van der Waals surface area (Å²) in [4.78, 5) is 24.3. The average Bonchev–Trinajstić information content (AvgIpc) is 2.66. The predicted octanol–water partition coefficient (Wildman–Crippen LogP) is 2.90. The number of benzene rings is 2. The molecule has 3 rings (SSSR count). The molecule has 2 aromatic carbocycles. The Morgan fingerprint density at radius 3 is 2.68 bits per heavy atom. The summed E-state index contributed by atoms with van der Waals surface area (Å²) >= 11 is 0. The van der Waals surface area contributed by atoms with Gasteiger partial charge >= 0.3 is 5.97 Å². The van der Waals surface area contributed by atoms with Crippen LogP contribution in [-0.2, 0) is 9.53 Å².